The first-order chi connectivity index (χ1) is 23.3. The summed E-state index contributed by atoms with van der Waals surface area (Å²) in [5, 5.41) is 9.95. The first-order valence-corrected chi connectivity index (χ1v) is 16.6. The fourth-order valence-corrected chi connectivity index (χ4v) is 8.25. The molecule has 220 valence electrons. The van der Waals surface area contributed by atoms with E-state index >= 15 is 0 Å². The van der Waals surface area contributed by atoms with Crippen LogP contribution in [-0.4, -0.2) is 4.98 Å². The molecule has 0 amide bonds. The van der Waals surface area contributed by atoms with Gasteiger partial charge in [-0.2, -0.15) is 0 Å². The van der Waals surface area contributed by atoms with Crippen LogP contribution < -0.4 is 4.90 Å². The molecule has 0 radical (unpaired) electrons. The number of rotatable bonds is 4. The highest BCUT2D eigenvalue weighted by Gasteiger charge is 2.19. The van der Waals surface area contributed by atoms with Gasteiger partial charge in [0.05, 0.1) is 0 Å². The van der Waals surface area contributed by atoms with E-state index in [1.54, 1.807) is 0 Å². The maximum Gasteiger partial charge on any atom is 0.227 e. The summed E-state index contributed by atoms with van der Waals surface area (Å²) in [5.41, 5.74) is 6.05. The number of hydrogen-bond donors (Lipinski definition) is 0. The molecule has 0 aliphatic rings. The van der Waals surface area contributed by atoms with Gasteiger partial charge in [0.1, 0.15) is 5.52 Å². The summed E-state index contributed by atoms with van der Waals surface area (Å²) < 4.78 is 8.67. The smallest absolute Gasteiger partial charge is 0.227 e. The predicted octanol–water partition coefficient (Wildman–Crippen LogP) is 12.8. The molecule has 0 unspecified atom stereocenters. The van der Waals surface area contributed by atoms with E-state index in [9.17, 15) is 0 Å². The average Bonchev–Trinajstić information content (AvgIpc) is 3.73. The lowest BCUT2D eigenvalue weighted by atomic mass is 9.96. The topological polar surface area (TPSA) is 29.3 Å². The normalized spacial score (nSPS) is 11.8. The van der Waals surface area contributed by atoms with E-state index in [0.717, 1.165) is 33.7 Å². The lowest BCUT2D eigenvalue weighted by molar-refractivity contribution is 0.620. The third-order valence-corrected chi connectivity index (χ3v) is 10.4. The number of aromatic nitrogens is 1. The van der Waals surface area contributed by atoms with Gasteiger partial charge in [0.15, 0.2) is 5.58 Å². The maximum absolute atomic E-state index is 6.23. The maximum atomic E-state index is 6.23. The van der Waals surface area contributed by atoms with Crippen molar-refractivity contribution in [2.45, 2.75) is 0 Å². The Morgan fingerprint density at radius 2 is 1.17 bits per heavy atom. The van der Waals surface area contributed by atoms with Gasteiger partial charge >= 0.3 is 0 Å². The zero-order valence-corrected chi connectivity index (χ0v) is 26.0. The second-order valence-corrected chi connectivity index (χ2v) is 13.1. The number of hydrogen-bond acceptors (Lipinski definition) is 4. The van der Waals surface area contributed by atoms with Crippen molar-refractivity contribution < 1.29 is 4.42 Å². The molecule has 0 N–H and O–H groups in total. The number of oxazole rings is 1. The Labute approximate surface area is 274 Å². The Morgan fingerprint density at radius 3 is 2.06 bits per heavy atom. The largest absolute Gasteiger partial charge is 0.436 e. The lowest BCUT2D eigenvalue weighted by Crippen LogP contribution is -2.09. The van der Waals surface area contributed by atoms with Gasteiger partial charge in [0.25, 0.3) is 0 Å². The lowest BCUT2D eigenvalue weighted by Gasteiger charge is -2.26. The average molecular weight is 619 g/mol. The van der Waals surface area contributed by atoms with Crippen molar-refractivity contribution in [2.75, 3.05) is 4.90 Å². The second kappa shape index (κ2) is 10.3. The van der Waals surface area contributed by atoms with Gasteiger partial charge in [0, 0.05) is 42.8 Å². The van der Waals surface area contributed by atoms with Crippen LogP contribution >= 0.6 is 11.3 Å². The Balaban J connectivity index is 1.16. The third-order valence-electron chi connectivity index (χ3n) is 9.26. The molecule has 0 saturated carbocycles. The predicted molar refractivity (Wildman–Crippen MR) is 200 cm³/mol. The molecule has 2 heterocycles. The fraction of sp³-hybridized carbons (Fsp3) is 0. The monoisotopic (exact) mass is 618 g/mol. The molecule has 0 spiro atoms. The molecule has 10 aromatic rings. The van der Waals surface area contributed by atoms with E-state index < -0.39 is 0 Å². The van der Waals surface area contributed by atoms with Crippen LogP contribution in [0.2, 0.25) is 0 Å². The summed E-state index contributed by atoms with van der Waals surface area (Å²) in [5.74, 6) is 0.655. The number of benzene rings is 8. The van der Waals surface area contributed by atoms with Crippen molar-refractivity contribution in [3.05, 3.63) is 158 Å². The van der Waals surface area contributed by atoms with E-state index in [4.69, 9.17) is 9.40 Å². The molecule has 10 rings (SSSR count). The summed E-state index contributed by atoms with van der Waals surface area (Å²) in [4.78, 5) is 7.20. The molecule has 0 saturated heterocycles. The number of anilines is 3. The zero-order valence-electron chi connectivity index (χ0n) is 25.2. The highest BCUT2D eigenvalue weighted by molar-refractivity contribution is 7.26. The molecule has 4 heteroatoms. The molecule has 0 aliphatic carbocycles. The number of para-hydroxylation sites is 3. The molecule has 3 nitrogen and oxygen atoms in total. The molecule has 8 aromatic carbocycles. The SMILES string of the molecule is c1ccc(N(c2ccc3c(c2)sc2cccc(-c4nc5ccccc5o4)c23)c2ccc3ccc4c5ccccc5ccc4c3c2)cc1. The Morgan fingerprint density at radius 1 is 0.468 bits per heavy atom. The van der Waals surface area contributed by atoms with Crippen LogP contribution in [0, 0.1) is 0 Å². The Hall–Kier alpha value is -5.97. The van der Waals surface area contributed by atoms with E-state index in [1.165, 1.54) is 52.5 Å². The van der Waals surface area contributed by atoms with Gasteiger partial charge in [0.2, 0.25) is 5.89 Å². The Kier molecular flexibility index (Phi) is 5.74. The Bertz CT molecular complexity index is 2780. The van der Waals surface area contributed by atoms with Crippen LogP contribution in [0.15, 0.2) is 162 Å². The minimum absolute atomic E-state index is 0.655. The highest BCUT2D eigenvalue weighted by atomic mass is 32.1. The van der Waals surface area contributed by atoms with Crippen molar-refractivity contribution in [3.8, 4) is 11.5 Å². The van der Waals surface area contributed by atoms with Gasteiger partial charge in [-0.1, -0.05) is 97.1 Å². The molecule has 0 aliphatic heterocycles. The van der Waals surface area contributed by atoms with Crippen molar-refractivity contribution in [2.24, 2.45) is 0 Å². The molecule has 2 aromatic heterocycles. The van der Waals surface area contributed by atoms with Crippen LogP contribution in [-0.2, 0) is 0 Å². The van der Waals surface area contributed by atoms with E-state index in [2.05, 4.69) is 138 Å². The quantitative estimate of drug-likeness (QED) is 0.184. The van der Waals surface area contributed by atoms with Crippen molar-refractivity contribution in [1.82, 2.24) is 4.98 Å². The molecular weight excluding hydrogens is 593 g/mol. The molecule has 0 fully saturated rings. The summed E-state index contributed by atoms with van der Waals surface area (Å²) in [6.07, 6.45) is 0. The molecule has 0 atom stereocenters. The highest BCUT2D eigenvalue weighted by Crippen LogP contribution is 2.44. The third kappa shape index (κ3) is 4.16. The standard InChI is InChI=1S/C43H26N2OS/c1-2-10-29(11-3-1)45(30-20-17-28-19-22-33-32-12-5-4-9-27(32)18-23-34(33)37(28)25-30)31-21-24-35-41(26-31)47-40-16-8-13-36(42(35)40)43-44-38-14-6-7-15-39(38)46-43/h1-26H. The van der Waals surface area contributed by atoms with Gasteiger partial charge in [-0.05, 0) is 93.0 Å². The molecular formula is C43H26N2OS. The number of thiophene rings is 1. The summed E-state index contributed by atoms with van der Waals surface area (Å²) in [6.45, 7) is 0. The first-order valence-electron chi connectivity index (χ1n) is 15.8. The fourth-order valence-electron chi connectivity index (χ4n) is 7.09. The number of fused-ring (bicyclic) bond motifs is 9. The summed E-state index contributed by atoms with van der Waals surface area (Å²) in [7, 11) is 0. The van der Waals surface area contributed by atoms with E-state index in [-0.39, 0.29) is 0 Å². The van der Waals surface area contributed by atoms with Crippen LogP contribution in [0.3, 0.4) is 0 Å². The van der Waals surface area contributed by atoms with Crippen molar-refractivity contribution >= 4 is 92.0 Å². The van der Waals surface area contributed by atoms with Gasteiger partial charge in [-0.15, -0.1) is 11.3 Å². The van der Waals surface area contributed by atoms with Crippen molar-refractivity contribution in [3.63, 3.8) is 0 Å². The molecule has 47 heavy (non-hydrogen) atoms. The van der Waals surface area contributed by atoms with Crippen LogP contribution in [0.4, 0.5) is 17.1 Å². The van der Waals surface area contributed by atoms with Gasteiger partial charge in [-0.25, -0.2) is 4.98 Å². The summed E-state index contributed by atoms with van der Waals surface area (Å²) >= 11 is 1.81. The number of nitrogens with zero attached hydrogens (tertiary/aromatic N) is 2. The minimum atomic E-state index is 0.655. The molecule has 0 bridgehead atoms. The minimum Gasteiger partial charge on any atom is -0.436 e. The van der Waals surface area contributed by atoms with E-state index in [0.29, 0.717) is 5.89 Å². The van der Waals surface area contributed by atoms with Gasteiger partial charge in [-0.3, -0.25) is 0 Å². The van der Waals surface area contributed by atoms with E-state index in [1.807, 2.05) is 35.6 Å². The van der Waals surface area contributed by atoms with Crippen LogP contribution in [0.5, 0.6) is 0 Å². The van der Waals surface area contributed by atoms with Crippen molar-refractivity contribution in [1.29, 1.82) is 0 Å². The van der Waals surface area contributed by atoms with Crippen LogP contribution in [0.25, 0.3) is 75.0 Å². The van der Waals surface area contributed by atoms with Crippen LogP contribution in [0.1, 0.15) is 0 Å². The van der Waals surface area contributed by atoms with Gasteiger partial charge < -0.3 is 9.32 Å². The summed E-state index contributed by atoms with van der Waals surface area (Å²) in [6, 6.07) is 56.3. The first kappa shape index (κ1) is 26.3. The zero-order chi connectivity index (χ0) is 30.9. The second-order valence-electron chi connectivity index (χ2n) is 12.0.